The average molecular weight is 376 g/mol. The fourth-order valence-electron chi connectivity index (χ4n) is 2.85. The molecule has 2 aromatic rings. The lowest BCUT2D eigenvalue weighted by atomic mass is 10.1. The van der Waals surface area contributed by atoms with Crippen molar-refractivity contribution in [1.29, 1.82) is 0 Å². The number of nitrogens with zero attached hydrogens (tertiary/aromatic N) is 1. The smallest absolute Gasteiger partial charge is 0.237 e. The summed E-state index contributed by atoms with van der Waals surface area (Å²) in [5, 5.41) is 0. The van der Waals surface area contributed by atoms with Crippen molar-refractivity contribution in [3.63, 3.8) is 0 Å². The molecular weight excluding hydrogens is 358 g/mol. The highest BCUT2D eigenvalue weighted by molar-refractivity contribution is 9.10. The molecule has 3 rings (SSSR count). The van der Waals surface area contributed by atoms with Crippen LogP contribution in [-0.2, 0) is 17.0 Å². The van der Waals surface area contributed by atoms with Gasteiger partial charge in [-0.1, -0.05) is 46.3 Å². The number of carbonyl (C=O) groups excluding carboxylic acids is 1. The summed E-state index contributed by atoms with van der Waals surface area (Å²) in [6.07, 6.45) is 0.958. The molecule has 1 atom stereocenters. The second kappa shape index (κ2) is 6.88. The first-order chi connectivity index (χ1) is 10.6. The van der Waals surface area contributed by atoms with E-state index in [9.17, 15) is 4.79 Å². The van der Waals surface area contributed by atoms with Crippen molar-refractivity contribution >= 4 is 39.3 Å². The first-order valence-electron chi connectivity index (χ1n) is 7.37. The molecule has 0 bridgehead atoms. The number of anilines is 1. The molecule has 0 radical (unpaired) electrons. The van der Waals surface area contributed by atoms with E-state index < -0.39 is 0 Å². The van der Waals surface area contributed by atoms with E-state index in [-0.39, 0.29) is 11.9 Å². The van der Waals surface area contributed by atoms with E-state index in [1.165, 1.54) is 11.1 Å². The van der Waals surface area contributed by atoms with Gasteiger partial charge in [0.25, 0.3) is 0 Å². The van der Waals surface area contributed by atoms with E-state index in [2.05, 4.69) is 47.1 Å². The Morgan fingerprint density at radius 1 is 1.23 bits per heavy atom. The molecule has 4 heteroatoms. The molecule has 22 heavy (non-hydrogen) atoms. The zero-order valence-corrected chi connectivity index (χ0v) is 14.9. The molecule has 0 N–H and O–H groups in total. The van der Waals surface area contributed by atoms with E-state index >= 15 is 0 Å². The van der Waals surface area contributed by atoms with Crippen LogP contribution in [0.3, 0.4) is 0 Å². The lowest BCUT2D eigenvalue weighted by Crippen LogP contribution is -2.37. The van der Waals surface area contributed by atoms with Gasteiger partial charge in [-0.25, -0.2) is 0 Å². The van der Waals surface area contributed by atoms with Crippen molar-refractivity contribution in [2.24, 2.45) is 0 Å². The van der Waals surface area contributed by atoms with Crippen LogP contribution in [0.4, 0.5) is 5.69 Å². The van der Waals surface area contributed by atoms with E-state index in [0.29, 0.717) is 5.75 Å². The quantitative estimate of drug-likeness (QED) is 0.774. The normalized spacial score (nSPS) is 16.6. The molecule has 0 unspecified atom stereocenters. The molecule has 1 heterocycles. The number of hydrogen-bond donors (Lipinski definition) is 0. The molecule has 1 aliphatic heterocycles. The number of thioether (sulfide) groups is 1. The topological polar surface area (TPSA) is 20.3 Å². The van der Waals surface area contributed by atoms with Gasteiger partial charge in [-0.2, -0.15) is 0 Å². The van der Waals surface area contributed by atoms with Crippen LogP contribution in [0.2, 0.25) is 0 Å². The van der Waals surface area contributed by atoms with Gasteiger partial charge >= 0.3 is 0 Å². The van der Waals surface area contributed by atoms with Crippen LogP contribution >= 0.6 is 27.7 Å². The fraction of sp³-hybridized carbons (Fsp3) is 0.278. The molecule has 0 fully saturated rings. The Balaban J connectivity index is 1.59. The molecule has 0 spiro atoms. The molecule has 1 aliphatic rings. The van der Waals surface area contributed by atoms with Gasteiger partial charge in [0, 0.05) is 22.0 Å². The maximum atomic E-state index is 12.6. The van der Waals surface area contributed by atoms with Crippen LogP contribution in [-0.4, -0.2) is 17.7 Å². The lowest BCUT2D eigenvalue weighted by Gasteiger charge is -2.22. The molecule has 1 amide bonds. The van der Waals surface area contributed by atoms with E-state index in [4.69, 9.17) is 0 Å². The molecule has 0 aromatic heterocycles. The Hall–Kier alpha value is -1.26. The summed E-state index contributed by atoms with van der Waals surface area (Å²) in [5.74, 6) is 1.59. The molecule has 0 saturated heterocycles. The fourth-order valence-corrected chi connectivity index (χ4v) is 3.96. The summed E-state index contributed by atoms with van der Waals surface area (Å²) in [4.78, 5) is 14.5. The molecule has 2 nitrogen and oxygen atoms in total. The Morgan fingerprint density at radius 3 is 2.73 bits per heavy atom. The number of carbonyl (C=O) groups is 1. The largest absolute Gasteiger partial charge is 0.308 e. The molecule has 114 valence electrons. The standard InChI is InChI=1S/C18H18BrNOS/c1-13-10-15-4-2-3-5-17(15)20(13)18(21)12-22-11-14-6-8-16(19)9-7-14/h2-9,13H,10-12H2,1H3/t13-/m1/s1. The summed E-state index contributed by atoms with van der Waals surface area (Å²) < 4.78 is 1.08. The molecule has 2 aromatic carbocycles. The zero-order chi connectivity index (χ0) is 15.5. The average Bonchev–Trinajstić information content (AvgIpc) is 2.85. The van der Waals surface area contributed by atoms with Crippen molar-refractivity contribution < 1.29 is 4.79 Å². The summed E-state index contributed by atoms with van der Waals surface area (Å²) >= 11 is 5.11. The highest BCUT2D eigenvalue weighted by Crippen LogP contribution is 2.32. The number of rotatable bonds is 4. The van der Waals surface area contributed by atoms with Crippen molar-refractivity contribution in [1.82, 2.24) is 0 Å². The first-order valence-corrected chi connectivity index (χ1v) is 9.32. The van der Waals surface area contributed by atoms with Gasteiger partial charge in [-0.05, 0) is 42.7 Å². The van der Waals surface area contributed by atoms with Crippen LogP contribution < -0.4 is 4.90 Å². The van der Waals surface area contributed by atoms with Gasteiger partial charge in [0.2, 0.25) is 5.91 Å². The third kappa shape index (κ3) is 3.39. The minimum absolute atomic E-state index is 0.208. The third-order valence-corrected chi connectivity index (χ3v) is 5.40. The van der Waals surface area contributed by atoms with Gasteiger partial charge in [-0.3, -0.25) is 4.79 Å². The number of halogens is 1. The zero-order valence-electron chi connectivity index (χ0n) is 12.5. The highest BCUT2D eigenvalue weighted by atomic mass is 79.9. The Morgan fingerprint density at radius 2 is 1.95 bits per heavy atom. The van der Waals surface area contributed by atoms with Gasteiger partial charge < -0.3 is 4.90 Å². The van der Waals surface area contributed by atoms with Gasteiger partial charge in [0.15, 0.2) is 0 Å². The third-order valence-electron chi connectivity index (χ3n) is 3.88. The van der Waals surface area contributed by atoms with Crippen LogP contribution in [0.15, 0.2) is 53.0 Å². The predicted octanol–water partition coefficient (Wildman–Crippen LogP) is 4.66. The summed E-state index contributed by atoms with van der Waals surface area (Å²) in [6, 6.07) is 16.7. The maximum Gasteiger partial charge on any atom is 0.237 e. The van der Waals surface area contributed by atoms with Crippen LogP contribution in [0.5, 0.6) is 0 Å². The van der Waals surface area contributed by atoms with Crippen molar-refractivity contribution in [2.45, 2.75) is 25.1 Å². The second-order valence-corrected chi connectivity index (χ2v) is 7.47. The lowest BCUT2D eigenvalue weighted by molar-refractivity contribution is -0.116. The summed E-state index contributed by atoms with van der Waals surface area (Å²) in [7, 11) is 0. The number of amides is 1. The number of benzene rings is 2. The van der Waals surface area contributed by atoms with Crippen LogP contribution in [0.25, 0.3) is 0 Å². The summed E-state index contributed by atoms with van der Waals surface area (Å²) in [5.41, 5.74) is 3.61. The SMILES string of the molecule is C[C@@H]1Cc2ccccc2N1C(=O)CSCc1ccc(Br)cc1. The molecular formula is C18H18BrNOS. The highest BCUT2D eigenvalue weighted by Gasteiger charge is 2.29. The second-order valence-electron chi connectivity index (χ2n) is 5.56. The monoisotopic (exact) mass is 375 g/mol. The predicted molar refractivity (Wildman–Crippen MR) is 97.4 cm³/mol. The van der Waals surface area contributed by atoms with Gasteiger partial charge in [-0.15, -0.1) is 11.8 Å². The Kier molecular flexibility index (Phi) is 4.89. The minimum atomic E-state index is 0.208. The number of hydrogen-bond acceptors (Lipinski definition) is 2. The minimum Gasteiger partial charge on any atom is -0.308 e. The van der Waals surface area contributed by atoms with Crippen LogP contribution in [0, 0.1) is 0 Å². The molecule has 0 aliphatic carbocycles. The van der Waals surface area contributed by atoms with Crippen LogP contribution in [0.1, 0.15) is 18.1 Å². The molecule has 0 saturated carbocycles. The van der Waals surface area contributed by atoms with E-state index in [1.807, 2.05) is 29.2 Å². The van der Waals surface area contributed by atoms with Gasteiger partial charge in [0.05, 0.1) is 5.75 Å². The van der Waals surface area contributed by atoms with Crippen molar-refractivity contribution in [3.05, 3.63) is 64.1 Å². The van der Waals surface area contributed by atoms with E-state index in [1.54, 1.807) is 11.8 Å². The van der Waals surface area contributed by atoms with E-state index in [0.717, 1.165) is 22.3 Å². The Bertz CT molecular complexity index is 671. The first kappa shape index (κ1) is 15.6. The van der Waals surface area contributed by atoms with Gasteiger partial charge in [0.1, 0.15) is 0 Å². The van der Waals surface area contributed by atoms with Crippen molar-refractivity contribution in [2.75, 3.05) is 10.7 Å². The maximum absolute atomic E-state index is 12.6. The van der Waals surface area contributed by atoms with Crippen molar-refractivity contribution in [3.8, 4) is 0 Å². The summed E-state index contributed by atoms with van der Waals surface area (Å²) in [6.45, 7) is 2.12. The number of para-hydroxylation sites is 1. The number of fused-ring (bicyclic) bond motifs is 1. The Labute approximate surface area is 144 Å².